The molecule has 1 aliphatic carbocycles. The van der Waals surface area contributed by atoms with Gasteiger partial charge in [-0.05, 0) is 25.2 Å². The van der Waals surface area contributed by atoms with Gasteiger partial charge in [-0.2, -0.15) is 0 Å². The Morgan fingerprint density at radius 1 is 1.37 bits per heavy atom. The fourth-order valence-corrected chi connectivity index (χ4v) is 4.84. The fraction of sp³-hybridized carbons (Fsp3) is 0.714. The van der Waals surface area contributed by atoms with Crippen LogP contribution >= 0.6 is 23.1 Å². The smallest absolute Gasteiger partial charge is 0.156 e. The molecule has 1 spiro atoms. The van der Waals surface area contributed by atoms with Crippen LogP contribution < -0.4 is 5.32 Å². The maximum atomic E-state index is 4.75. The number of aliphatic imine (C=N–C) groups is 1. The van der Waals surface area contributed by atoms with E-state index in [2.05, 4.69) is 22.6 Å². The van der Waals surface area contributed by atoms with E-state index in [9.17, 15) is 0 Å². The highest BCUT2D eigenvalue weighted by Crippen LogP contribution is 2.43. The molecule has 3 nitrogen and oxygen atoms in total. The molecule has 0 saturated heterocycles. The summed E-state index contributed by atoms with van der Waals surface area (Å²) >= 11 is 3.68. The van der Waals surface area contributed by atoms with Crippen molar-refractivity contribution in [2.45, 2.75) is 39.0 Å². The molecule has 1 aromatic heterocycles. The number of rotatable bonds is 3. The lowest BCUT2D eigenvalue weighted by atomic mass is 9.89. The summed E-state index contributed by atoms with van der Waals surface area (Å²) in [5, 5.41) is 7.95. The number of aromatic nitrogens is 1. The van der Waals surface area contributed by atoms with Gasteiger partial charge in [0, 0.05) is 36.3 Å². The lowest BCUT2D eigenvalue weighted by Crippen LogP contribution is -2.34. The average Bonchev–Trinajstić information content (AvgIpc) is 3.02. The standard InChI is InChI=1S/C14H21N3S2/c1-11-8-18-12(17-11)4-7-15-13-16-9-14(10-19-13)5-2-3-6-14/h8H,2-7,9-10H2,1H3,(H,15,16). The van der Waals surface area contributed by atoms with E-state index >= 15 is 0 Å². The van der Waals surface area contributed by atoms with Crippen LogP contribution in [-0.4, -0.2) is 29.0 Å². The monoisotopic (exact) mass is 295 g/mol. The highest BCUT2D eigenvalue weighted by atomic mass is 32.2. The summed E-state index contributed by atoms with van der Waals surface area (Å²) in [5.41, 5.74) is 1.68. The zero-order valence-electron chi connectivity index (χ0n) is 11.4. The van der Waals surface area contributed by atoms with Gasteiger partial charge in [-0.3, -0.25) is 4.99 Å². The van der Waals surface area contributed by atoms with Crippen molar-refractivity contribution in [3.05, 3.63) is 16.1 Å². The van der Waals surface area contributed by atoms with Gasteiger partial charge in [0.05, 0.1) is 5.01 Å². The van der Waals surface area contributed by atoms with E-state index < -0.39 is 0 Å². The van der Waals surface area contributed by atoms with Crippen LogP contribution in [-0.2, 0) is 6.42 Å². The van der Waals surface area contributed by atoms with Gasteiger partial charge in [0.1, 0.15) is 0 Å². The van der Waals surface area contributed by atoms with Gasteiger partial charge in [-0.15, -0.1) is 11.3 Å². The molecule has 1 saturated carbocycles. The number of amidine groups is 1. The van der Waals surface area contributed by atoms with Crippen LogP contribution in [0.5, 0.6) is 0 Å². The first kappa shape index (κ1) is 13.4. The van der Waals surface area contributed by atoms with Gasteiger partial charge < -0.3 is 5.32 Å². The molecule has 2 aliphatic rings. The Morgan fingerprint density at radius 3 is 2.84 bits per heavy atom. The van der Waals surface area contributed by atoms with E-state index in [1.165, 1.54) is 36.4 Å². The lowest BCUT2D eigenvalue weighted by Gasteiger charge is -2.31. The van der Waals surface area contributed by atoms with Crippen LogP contribution in [0.15, 0.2) is 10.4 Å². The third-order valence-corrected chi connectivity index (χ3v) is 6.35. The Hall–Kier alpha value is -0.550. The summed E-state index contributed by atoms with van der Waals surface area (Å²) in [5.74, 6) is 1.26. The van der Waals surface area contributed by atoms with Gasteiger partial charge in [-0.1, -0.05) is 24.6 Å². The normalized spacial score (nSPS) is 21.6. The Labute approximate surface area is 123 Å². The van der Waals surface area contributed by atoms with Crippen LogP contribution in [0.2, 0.25) is 0 Å². The molecule has 2 heterocycles. The SMILES string of the molecule is Cc1csc(CCNC2=NCC3(CCCC3)CS2)n1. The second-order valence-corrected chi connectivity index (χ2v) is 7.58. The number of hydrogen-bond acceptors (Lipinski definition) is 5. The van der Waals surface area contributed by atoms with Gasteiger partial charge >= 0.3 is 0 Å². The molecule has 0 amide bonds. The number of nitrogens with one attached hydrogen (secondary N) is 1. The van der Waals surface area contributed by atoms with Crippen LogP contribution in [0.3, 0.4) is 0 Å². The predicted octanol–water partition coefficient (Wildman–Crippen LogP) is 3.25. The second-order valence-electron chi connectivity index (χ2n) is 5.68. The Bertz CT molecular complexity index is 461. The fourth-order valence-electron chi connectivity index (χ4n) is 2.88. The van der Waals surface area contributed by atoms with Crippen molar-refractivity contribution in [3.63, 3.8) is 0 Å². The summed E-state index contributed by atoms with van der Waals surface area (Å²) in [7, 11) is 0. The average molecular weight is 295 g/mol. The van der Waals surface area contributed by atoms with Gasteiger partial charge in [0.2, 0.25) is 0 Å². The molecule has 1 N–H and O–H groups in total. The molecule has 0 unspecified atom stereocenters. The van der Waals surface area contributed by atoms with Crippen molar-refractivity contribution in [2.75, 3.05) is 18.8 Å². The summed E-state index contributed by atoms with van der Waals surface area (Å²) in [4.78, 5) is 9.24. The van der Waals surface area contributed by atoms with Crippen molar-refractivity contribution >= 4 is 28.3 Å². The van der Waals surface area contributed by atoms with Crippen molar-refractivity contribution in [2.24, 2.45) is 10.4 Å². The molecule has 3 rings (SSSR count). The minimum Gasteiger partial charge on any atom is -0.365 e. The molecule has 0 atom stereocenters. The van der Waals surface area contributed by atoms with Crippen LogP contribution in [0.4, 0.5) is 0 Å². The molecule has 0 bridgehead atoms. The molecule has 1 fully saturated rings. The number of hydrogen-bond donors (Lipinski definition) is 1. The maximum absolute atomic E-state index is 4.75. The molecule has 5 heteroatoms. The molecule has 1 aliphatic heterocycles. The summed E-state index contributed by atoms with van der Waals surface area (Å²) in [6, 6.07) is 0. The van der Waals surface area contributed by atoms with Crippen LogP contribution in [0.25, 0.3) is 0 Å². The first-order chi connectivity index (χ1) is 9.26. The molecular formula is C14H21N3S2. The van der Waals surface area contributed by atoms with E-state index in [1.54, 1.807) is 11.3 Å². The maximum Gasteiger partial charge on any atom is 0.156 e. The molecule has 19 heavy (non-hydrogen) atoms. The van der Waals surface area contributed by atoms with Crippen molar-refractivity contribution in [1.82, 2.24) is 10.3 Å². The molecular weight excluding hydrogens is 274 g/mol. The number of nitrogens with zero attached hydrogens (tertiary/aromatic N) is 2. The van der Waals surface area contributed by atoms with Crippen LogP contribution in [0, 0.1) is 12.3 Å². The van der Waals surface area contributed by atoms with Crippen molar-refractivity contribution in [3.8, 4) is 0 Å². The molecule has 104 valence electrons. The molecule has 0 aromatic carbocycles. The third kappa shape index (κ3) is 3.31. The lowest BCUT2D eigenvalue weighted by molar-refractivity contribution is 0.358. The molecule has 0 radical (unpaired) electrons. The summed E-state index contributed by atoms with van der Waals surface area (Å²) < 4.78 is 0. The van der Waals surface area contributed by atoms with Crippen molar-refractivity contribution in [1.29, 1.82) is 0 Å². The number of aryl methyl sites for hydroxylation is 1. The van der Waals surface area contributed by atoms with Crippen LogP contribution in [0.1, 0.15) is 36.4 Å². The Morgan fingerprint density at radius 2 is 2.21 bits per heavy atom. The minimum absolute atomic E-state index is 0.544. The van der Waals surface area contributed by atoms with Crippen molar-refractivity contribution < 1.29 is 0 Å². The quantitative estimate of drug-likeness (QED) is 0.930. The summed E-state index contributed by atoms with van der Waals surface area (Å²) in [6.07, 6.45) is 6.58. The van der Waals surface area contributed by atoms with E-state index in [0.29, 0.717) is 5.41 Å². The zero-order chi connectivity index (χ0) is 13.1. The first-order valence-corrected chi connectivity index (χ1v) is 8.94. The predicted molar refractivity (Wildman–Crippen MR) is 84.2 cm³/mol. The Balaban J connectivity index is 1.45. The van der Waals surface area contributed by atoms with E-state index in [0.717, 1.165) is 30.4 Å². The zero-order valence-corrected chi connectivity index (χ0v) is 13.1. The minimum atomic E-state index is 0.544. The number of thiazole rings is 1. The summed E-state index contributed by atoms with van der Waals surface area (Å²) in [6.45, 7) is 4.04. The first-order valence-electron chi connectivity index (χ1n) is 7.08. The van der Waals surface area contributed by atoms with Gasteiger partial charge in [-0.25, -0.2) is 4.98 Å². The van der Waals surface area contributed by atoms with E-state index in [-0.39, 0.29) is 0 Å². The van der Waals surface area contributed by atoms with Gasteiger partial charge in [0.25, 0.3) is 0 Å². The van der Waals surface area contributed by atoms with Gasteiger partial charge in [0.15, 0.2) is 5.17 Å². The molecule has 1 aromatic rings. The third-order valence-electron chi connectivity index (χ3n) is 4.02. The highest BCUT2D eigenvalue weighted by Gasteiger charge is 2.36. The van der Waals surface area contributed by atoms with E-state index in [4.69, 9.17) is 4.99 Å². The second kappa shape index (κ2) is 5.83. The highest BCUT2D eigenvalue weighted by molar-refractivity contribution is 8.13. The number of thioether (sulfide) groups is 1. The Kier molecular flexibility index (Phi) is 4.12. The topological polar surface area (TPSA) is 37.3 Å². The van der Waals surface area contributed by atoms with E-state index in [1.807, 2.05) is 11.8 Å². The largest absolute Gasteiger partial charge is 0.365 e.